The van der Waals surface area contributed by atoms with Gasteiger partial charge in [0.25, 0.3) is 11.6 Å². The van der Waals surface area contributed by atoms with E-state index in [0.29, 0.717) is 5.02 Å². The number of anilines is 1. The molecule has 2 aromatic carbocycles. The predicted molar refractivity (Wildman–Crippen MR) is 90.5 cm³/mol. The summed E-state index contributed by atoms with van der Waals surface area (Å²) in [5, 5.41) is 16.1. The van der Waals surface area contributed by atoms with Gasteiger partial charge in [0.1, 0.15) is 0 Å². The Bertz CT molecular complexity index is 811. The standard InChI is InChI=1S/C15H11Cl2N3O4/c16-12-5-4-9(6-13(12)17)15(22)18-8-14(21)19-10-2-1-3-11(7-10)20(23)24/h1-7H,8H2,(H,18,22)(H,19,21). The van der Waals surface area contributed by atoms with Gasteiger partial charge in [0.15, 0.2) is 0 Å². The van der Waals surface area contributed by atoms with E-state index in [1.165, 1.54) is 42.5 Å². The van der Waals surface area contributed by atoms with Crippen molar-refractivity contribution in [1.29, 1.82) is 0 Å². The summed E-state index contributed by atoms with van der Waals surface area (Å²) in [7, 11) is 0. The number of non-ortho nitro benzene ring substituents is 1. The topological polar surface area (TPSA) is 101 Å². The first-order chi connectivity index (χ1) is 11.4. The molecule has 0 aliphatic heterocycles. The van der Waals surface area contributed by atoms with E-state index in [-0.39, 0.29) is 28.5 Å². The number of hydrogen-bond donors (Lipinski definition) is 2. The highest BCUT2D eigenvalue weighted by atomic mass is 35.5. The monoisotopic (exact) mass is 367 g/mol. The third kappa shape index (κ3) is 4.68. The van der Waals surface area contributed by atoms with Crippen molar-refractivity contribution in [2.75, 3.05) is 11.9 Å². The fraction of sp³-hybridized carbons (Fsp3) is 0.0667. The maximum Gasteiger partial charge on any atom is 0.271 e. The van der Waals surface area contributed by atoms with Crippen molar-refractivity contribution < 1.29 is 14.5 Å². The second-order valence-corrected chi connectivity index (χ2v) is 5.48. The van der Waals surface area contributed by atoms with E-state index in [4.69, 9.17) is 23.2 Å². The zero-order chi connectivity index (χ0) is 17.7. The number of benzene rings is 2. The number of nitrogens with zero attached hydrogens (tertiary/aromatic N) is 1. The highest BCUT2D eigenvalue weighted by Crippen LogP contribution is 2.22. The summed E-state index contributed by atoms with van der Waals surface area (Å²) in [6.07, 6.45) is 0. The van der Waals surface area contributed by atoms with Gasteiger partial charge in [-0.05, 0) is 24.3 Å². The van der Waals surface area contributed by atoms with Crippen molar-refractivity contribution in [1.82, 2.24) is 5.32 Å². The van der Waals surface area contributed by atoms with Crippen molar-refractivity contribution in [3.8, 4) is 0 Å². The van der Waals surface area contributed by atoms with Crippen LogP contribution < -0.4 is 10.6 Å². The molecule has 0 saturated heterocycles. The molecule has 0 atom stereocenters. The number of amides is 2. The molecule has 2 rings (SSSR count). The Morgan fingerprint density at radius 2 is 1.83 bits per heavy atom. The molecule has 0 bridgehead atoms. The molecule has 0 heterocycles. The second kappa shape index (κ2) is 7.76. The Labute approximate surface area is 146 Å². The van der Waals surface area contributed by atoms with Gasteiger partial charge in [-0.2, -0.15) is 0 Å². The van der Waals surface area contributed by atoms with Gasteiger partial charge in [0.05, 0.1) is 21.5 Å². The molecule has 2 aromatic rings. The normalized spacial score (nSPS) is 10.1. The van der Waals surface area contributed by atoms with Crippen molar-refractivity contribution >= 4 is 46.4 Å². The Hall–Kier alpha value is -2.64. The van der Waals surface area contributed by atoms with Crippen LogP contribution in [0.2, 0.25) is 10.0 Å². The van der Waals surface area contributed by atoms with E-state index >= 15 is 0 Å². The number of carbonyl (C=O) groups excluding carboxylic acids is 2. The molecule has 9 heteroatoms. The largest absolute Gasteiger partial charge is 0.343 e. The maximum absolute atomic E-state index is 11.9. The summed E-state index contributed by atoms with van der Waals surface area (Å²) in [6, 6.07) is 9.82. The molecule has 24 heavy (non-hydrogen) atoms. The quantitative estimate of drug-likeness (QED) is 0.625. The second-order valence-electron chi connectivity index (χ2n) is 4.67. The zero-order valence-electron chi connectivity index (χ0n) is 12.1. The molecule has 0 aliphatic carbocycles. The molecule has 0 unspecified atom stereocenters. The number of nitrogens with one attached hydrogen (secondary N) is 2. The molecule has 2 amide bonds. The molecule has 0 spiro atoms. The van der Waals surface area contributed by atoms with E-state index in [9.17, 15) is 19.7 Å². The van der Waals surface area contributed by atoms with Crippen LogP contribution in [0.15, 0.2) is 42.5 Å². The van der Waals surface area contributed by atoms with Crippen LogP contribution in [0, 0.1) is 10.1 Å². The molecular formula is C15H11Cl2N3O4. The summed E-state index contributed by atoms with van der Waals surface area (Å²) in [5.74, 6) is -1.02. The number of nitro groups is 1. The summed E-state index contributed by atoms with van der Waals surface area (Å²) < 4.78 is 0. The molecule has 0 aliphatic rings. The van der Waals surface area contributed by atoms with Crippen molar-refractivity contribution in [2.45, 2.75) is 0 Å². The average molecular weight is 368 g/mol. The molecule has 124 valence electrons. The van der Waals surface area contributed by atoms with Gasteiger partial charge in [-0.15, -0.1) is 0 Å². The molecule has 7 nitrogen and oxygen atoms in total. The zero-order valence-corrected chi connectivity index (χ0v) is 13.6. The summed E-state index contributed by atoms with van der Waals surface area (Å²) in [5.41, 5.74) is 0.373. The van der Waals surface area contributed by atoms with E-state index < -0.39 is 16.7 Å². The number of carbonyl (C=O) groups is 2. The molecule has 0 saturated carbocycles. The Morgan fingerprint density at radius 3 is 2.50 bits per heavy atom. The van der Waals surface area contributed by atoms with Crippen LogP contribution in [-0.4, -0.2) is 23.3 Å². The van der Waals surface area contributed by atoms with Gasteiger partial charge in [0.2, 0.25) is 5.91 Å². The van der Waals surface area contributed by atoms with Gasteiger partial charge in [-0.1, -0.05) is 29.3 Å². The lowest BCUT2D eigenvalue weighted by molar-refractivity contribution is -0.384. The molecular weight excluding hydrogens is 357 g/mol. The minimum absolute atomic E-state index is 0.146. The molecule has 0 fully saturated rings. The van der Waals surface area contributed by atoms with Crippen molar-refractivity contribution in [3.05, 3.63) is 68.2 Å². The average Bonchev–Trinajstić information content (AvgIpc) is 2.55. The number of halogens is 2. The van der Waals surface area contributed by atoms with Crippen LogP contribution in [0.5, 0.6) is 0 Å². The third-order valence-corrected chi connectivity index (χ3v) is 3.67. The molecule has 2 N–H and O–H groups in total. The SMILES string of the molecule is O=C(CNC(=O)c1ccc(Cl)c(Cl)c1)Nc1cccc([N+](=O)[O-])c1. The van der Waals surface area contributed by atoms with Gasteiger partial charge < -0.3 is 10.6 Å². The molecule has 0 radical (unpaired) electrons. The van der Waals surface area contributed by atoms with Gasteiger partial charge in [-0.3, -0.25) is 19.7 Å². The minimum Gasteiger partial charge on any atom is -0.343 e. The number of nitro benzene ring substituents is 1. The van der Waals surface area contributed by atoms with Crippen molar-refractivity contribution in [3.63, 3.8) is 0 Å². The van der Waals surface area contributed by atoms with Gasteiger partial charge >= 0.3 is 0 Å². The van der Waals surface area contributed by atoms with Crippen LogP contribution >= 0.6 is 23.2 Å². The van der Waals surface area contributed by atoms with E-state index in [1.807, 2.05) is 0 Å². The van der Waals surface area contributed by atoms with Crippen LogP contribution in [-0.2, 0) is 4.79 Å². The van der Waals surface area contributed by atoms with E-state index in [2.05, 4.69) is 10.6 Å². The fourth-order valence-corrected chi connectivity index (χ4v) is 2.10. The van der Waals surface area contributed by atoms with Crippen LogP contribution in [0.3, 0.4) is 0 Å². The summed E-state index contributed by atoms with van der Waals surface area (Å²) in [4.78, 5) is 33.8. The van der Waals surface area contributed by atoms with E-state index in [1.54, 1.807) is 0 Å². The number of hydrogen-bond acceptors (Lipinski definition) is 4. The third-order valence-electron chi connectivity index (χ3n) is 2.93. The first kappa shape index (κ1) is 17.7. The van der Waals surface area contributed by atoms with Crippen LogP contribution in [0.4, 0.5) is 11.4 Å². The maximum atomic E-state index is 11.9. The first-order valence-corrected chi connectivity index (χ1v) is 7.40. The Balaban J connectivity index is 1.93. The fourth-order valence-electron chi connectivity index (χ4n) is 1.80. The highest BCUT2D eigenvalue weighted by molar-refractivity contribution is 6.42. The molecule has 0 aromatic heterocycles. The lowest BCUT2D eigenvalue weighted by Gasteiger charge is -2.07. The van der Waals surface area contributed by atoms with Crippen molar-refractivity contribution in [2.24, 2.45) is 0 Å². The lowest BCUT2D eigenvalue weighted by atomic mass is 10.2. The summed E-state index contributed by atoms with van der Waals surface area (Å²) >= 11 is 11.6. The first-order valence-electron chi connectivity index (χ1n) is 6.64. The lowest BCUT2D eigenvalue weighted by Crippen LogP contribution is -2.32. The number of rotatable bonds is 5. The van der Waals surface area contributed by atoms with Crippen LogP contribution in [0.1, 0.15) is 10.4 Å². The Kier molecular flexibility index (Phi) is 5.73. The van der Waals surface area contributed by atoms with Crippen LogP contribution in [0.25, 0.3) is 0 Å². The van der Waals surface area contributed by atoms with Gasteiger partial charge in [-0.25, -0.2) is 0 Å². The minimum atomic E-state index is -0.568. The smallest absolute Gasteiger partial charge is 0.271 e. The van der Waals surface area contributed by atoms with Gasteiger partial charge in [0, 0.05) is 23.4 Å². The van der Waals surface area contributed by atoms with E-state index in [0.717, 1.165) is 0 Å². The summed E-state index contributed by atoms with van der Waals surface area (Å²) in [6.45, 7) is -0.304. The highest BCUT2D eigenvalue weighted by Gasteiger charge is 2.11. The predicted octanol–water partition coefficient (Wildman–Crippen LogP) is 3.27. The Morgan fingerprint density at radius 1 is 1.08 bits per heavy atom.